The molecule has 0 aliphatic rings. The van der Waals surface area contributed by atoms with Crippen molar-refractivity contribution < 1.29 is 0 Å². The summed E-state index contributed by atoms with van der Waals surface area (Å²) in [6, 6.07) is 2.36. The van der Waals surface area contributed by atoms with E-state index in [1.165, 1.54) is 0 Å². The summed E-state index contributed by atoms with van der Waals surface area (Å²) < 4.78 is 2.63. The molecule has 2 heterocycles. The van der Waals surface area contributed by atoms with Crippen molar-refractivity contribution in [2.45, 2.75) is 26.4 Å². The molecule has 0 spiro atoms. The quantitative estimate of drug-likeness (QED) is 0.937. The fourth-order valence-electron chi connectivity index (χ4n) is 1.47. The first-order chi connectivity index (χ1) is 8.56. The smallest absolute Gasteiger partial charge is 0.153 e. The molecule has 2 rings (SSSR count). The molecule has 6 heteroatoms. The molecule has 0 fully saturated rings. The molecule has 0 bridgehead atoms. The summed E-state index contributed by atoms with van der Waals surface area (Å²) in [5.74, 6) is 0.755. The van der Waals surface area contributed by atoms with E-state index in [1.54, 1.807) is 17.1 Å². The van der Waals surface area contributed by atoms with E-state index in [4.69, 9.17) is 11.6 Å². The molecule has 2 aromatic heterocycles. The van der Waals surface area contributed by atoms with Crippen molar-refractivity contribution in [3.63, 3.8) is 0 Å². The van der Waals surface area contributed by atoms with E-state index in [0.717, 1.165) is 15.9 Å². The van der Waals surface area contributed by atoms with Crippen LogP contribution in [0.15, 0.2) is 29.1 Å². The van der Waals surface area contributed by atoms with Gasteiger partial charge in [-0.3, -0.25) is 0 Å². The summed E-state index contributed by atoms with van der Waals surface area (Å²) in [6.07, 6.45) is 5.24. The van der Waals surface area contributed by atoms with Crippen LogP contribution in [0.1, 0.15) is 19.4 Å². The van der Waals surface area contributed by atoms with Crippen LogP contribution in [0.4, 0.5) is 0 Å². The van der Waals surface area contributed by atoms with Gasteiger partial charge in [-0.15, -0.1) is 0 Å². The molecule has 0 aliphatic heterocycles. The second-order valence-corrected chi connectivity index (χ2v) is 5.60. The minimum atomic E-state index is 0.413. The minimum Gasteiger partial charge on any atom is -0.310 e. The van der Waals surface area contributed by atoms with E-state index in [-0.39, 0.29) is 0 Å². The number of nitrogens with zero attached hydrogens (tertiary/aromatic N) is 3. The van der Waals surface area contributed by atoms with Gasteiger partial charge in [0.25, 0.3) is 0 Å². The van der Waals surface area contributed by atoms with E-state index in [1.807, 2.05) is 12.3 Å². The van der Waals surface area contributed by atoms with Crippen LogP contribution in [0.2, 0.25) is 5.02 Å². The molecule has 2 aromatic rings. The number of aromatic nitrogens is 3. The first kappa shape index (κ1) is 13.5. The van der Waals surface area contributed by atoms with Crippen LogP contribution in [-0.2, 0) is 6.54 Å². The average molecular weight is 330 g/mol. The Morgan fingerprint density at radius 2 is 2.22 bits per heavy atom. The van der Waals surface area contributed by atoms with Crippen LogP contribution in [0.5, 0.6) is 0 Å². The molecule has 0 atom stereocenters. The second kappa shape index (κ2) is 5.82. The normalized spacial score (nSPS) is 11.2. The first-order valence-corrected chi connectivity index (χ1v) is 6.81. The molecular formula is C12H14BrClN4. The van der Waals surface area contributed by atoms with Gasteiger partial charge in [-0.25, -0.2) is 9.67 Å². The van der Waals surface area contributed by atoms with E-state index in [2.05, 4.69) is 45.2 Å². The monoisotopic (exact) mass is 328 g/mol. The van der Waals surface area contributed by atoms with Crippen LogP contribution in [0.3, 0.4) is 0 Å². The molecule has 0 unspecified atom stereocenters. The lowest BCUT2D eigenvalue weighted by atomic mass is 10.2. The Labute approximate surface area is 119 Å². The van der Waals surface area contributed by atoms with E-state index in [0.29, 0.717) is 17.6 Å². The van der Waals surface area contributed by atoms with Crippen molar-refractivity contribution in [3.05, 3.63) is 39.7 Å². The predicted molar refractivity (Wildman–Crippen MR) is 76.0 cm³/mol. The van der Waals surface area contributed by atoms with Gasteiger partial charge < -0.3 is 5.32 Å². The maximum Gasteiger partial charge on any atom is 0.153 e. The zero-order valence-corrected chi connectivity index (χ0v) is 12.5. The summed E-state index contributed by atoms with van der Waals surface area (Å²) in [6.45, 7) is 4.91. The van der Waals surface area contributed by atoms with Crippen molar-refractivity contribution >= 4 is 27.5 Å². The number of pyridine rings is 1. The van der Waals surface area contributed by atoms with E-state index >= 15 is 0 Å². The van der Waals surface area contributed by atoms with Crippen LogP contribution in [0, 0.1) is 0 Å². The topological polar surface area (TPSA) is 42.7 Å². The zero-order chi connectivity index (χ0) is 13.1. The lowest BCUT2D eigenvalue weighted by molar-refractivity contribution is 0.588. The summed E-state index contributed by atoms with van der Waals surface area (Å²) in [5.41, 5.74) is 1.02. The first-order valence-electron chi connectivity index (χ1n) is 5.64. The third kappa shape index (κ3) is 3.31. The molecule has 0 radical (unpaired) electrons. The predicted octanol–water partition coefficient (Wildman–Crippen LogP) is 3.18. The Balaban J connectivity index is 2.25. The minimum absolute atomic E-state index is 0.413. The second-order valence-electron chi connectivity index (χ2n) is 4.27. The van der Waals surface area contributed by atoms with Crippen molar-refractivity contribution in [2.24, 2.45) is 0 Å². The maximum atomic E-state index is 6.13. The van der Waals surface area contributed by atoms with Crippen LogP contribution in [-0.4, -0.2) is 20.8 Å². The molecule has 0 amide bonds. The van der Waals surface area contributed by atoms with Crippen molar-refractivity contribution in [1.29, 1.82) is 0 Å². The lowest BCUT2D eigenvalue weighted by Gasteiger charge is -2.10. The molecule has 1 N–H and O–H groups in total. The highest BCUT2D eigenvalue weighted by atomic mass is 79.9. The number of rotatable bonds is 4. The average Bonchev–Trinajstić information content (AvgIpc) is 2.74. The third-order valence-electron chi connectivity index (χ3n) is 2.41. The van der Waals surface area contributed by atoms with E-state index < -0.39 is 0 Å². The van der Waals surface area contributed by atoms with Gasteiger partial charge in [-0.2, -0.15) is 5.10 Å². The summed E-state index contributed by atoms with van der Waals surface area (Å²) >= 11 is 9.49. The summed E-state index contributed by atoms with van der Waals surface area (Å²) in [4.78, 5) is 4.27. The molecule has 0 aromatic carbocycles. The van der Waals surface area contributed by atoms with Gasteiger partial charge in [0.15, 0.2) is 5.82 Å². The number of nitrogens with one attached hydrogen (secondary N) is 1. The number of hydrogen-bond acceptors (Lipinski definition) is 3. The van der Waals surface area contributed by atoms with Crippen molar-refractivity contribution in [2.75, 3.05) is 0 Å². The lowest BCUT2D eigenvalue weighted by Crippen LogP contribution is -2.22. The van der Waals surface area contributed by atoms with Crippen LogP contribution < -0.4 is 5.32 Å². The van der Waals surface area contributed by atoms with Gasteiger partial charge >= 0.3 is 0 Å². The molecule has 0 saturated carbocycles. The van der Waals surface area contributed by atoms with Crippen LogP contribution in [0.25, 0.3) is 5.82 Å². The molecule has 0 aliphatic carbocycles. The summed E-state index contributed by atoms with van der Waals surface area (Å²) in [7, 11) is 0. The van der Waals surface area contributed by atoms with Crippen LogP contribution >= 0.6 is 27.5 Å². The fraction of sp³-hybridized carbons (Fsp3) is 0.333. The zero-order valence-electron chi connectivity index (χ0n) is 10.2. The van der Waals surface area contributed by atoms with Gasteiger partial charge in [0.05, 0.1) is 15.7 Å². The van der Waals surface area contributed by atoms with E-state index in [9.17, 15) is 0 Å². The standard InChI is InChI=1S/C12H14BrClN4/c1-8(2)15-4-9-3-12(16-6-11(9)14)18-7-10(13)5-17-18/h3,5-8,15H,4H2,1-2H3. The SMILES string of the molecule is CC(C)NCc1cc(-n2cc(Br)cn2)ncc1Cl. The highest BCUT2D eigenvalue weighted by Crippen LogP contribution is 2.18. The van der Waals surface area contributed by atoms with Gasteiger partial charge in [-0.05, 0) is 27.6 Å². The van der Waals surface area contributed by atoms with Gasteiger partial charge in [0.1, 0.15) is 0 Å². The Morgan fingerprint density at radius 3 is 2.83 bits per heavy atom. The summed E-state index contributed by atoms with van der Waals surface area (Å²) in [5, 5.41) is 8.20. The Hall–Kier alpha value is -0.910. The highest BCUT2D eigenvalue weighted by molar-refractivity contribution is 9.10. The van der Waals surface area contributed by atoms with Gasteiger partial charge in [-0.1, -0.05) is 25.4 Å². The van der Waals surface area contributed by atoms with Gasteiger partial charge in [0, 0.05) is 25.0 Å². The molecule has 96 valence electrons. The fourth-order valence-corrected chi connectivity index (χ4v) is 1.92. The largest absolute Gasteiger partial charge is 0.310 e. The van der Waals surface area contributed by atoms with Crippen molar-refractivity contribution in [3.8, 4) is 5.82 Å². The maximum absolute atomic E-state index is 6.13. The molecule has 4 nitrogen and oxygen atoms in total. The molecule has 18 heavy (non-hydrogen) atoms. The highest BCUT2D eigenvalue weighted by Gasteiger charge is 2.06. The van der Waals surface area contributed by atoms with Crippen molar-refractivity contribution in [1.82, 2.24) is 20.1 Å². The molecule has 0 saturated heterocycles. The molecular weight excluding hydrogens is 316 g/mol. The Morgan fingerprint density at radius 1 is 1.44 bits per heavy atom. The number of hydrogen-bond donors (Lipinski definition) is 1. The van der Waals surface area contributed by atoms with Gasteiger partial charge in [0.2, 0.25) is 0 Å². The Bertz CT molecular complexity index is 539. The third-order valence-corrected chi connectivity index (χ3v) is 3.16. The number of halogens is 2. The Kier molecular flexibility index (Phi) is 4.37.